The second-order valence-corrected chi connectivity index (χ2v) is 5.76. The maximum Gasteiger partial charge on any atom is 0.328 e. The predicted octanol–water partition coefficient (Wildman–Crippen LogP) is 2.93. The smallest absolute Gasteiger partial charge is 0.328 e. The molecule has 0 radical (unpaired) electrons. The Morgan fingerprint density at radius 2 is 1.87 bits per heavy atom. The molecular formula is C16H14ClNO5. The number of carboxylic acids is 1. The van der Waals surface area contributed by atoms with Crippen LogP contribution in [0.3, 0.4) is 0 Å². The Kier molecular flexibility index (Phi) is 4.98. The van der Waals surface area contributed by atoms with Crippen LogP contribution in [0.2, 0.25) is 0 Å². The lowest BCUT2D eigenvalue weighted by atomic mass is 9.89. The number of nitro groups is 1. The Bertz CT molecular complexity index is 721. The van der Waals surface area contributed by atoms with Crippen molar-refractivity contribution in [3.05, 3.63) is 75.8 Å². The fraction of sp³-hybridized carbons (Fsp3) is 0.188. The normalized spacial score (nSPS) is 14.7. The summed E-state index contributed by atoms with van der Waals surface area (Å²) in [6.07, 6.45) is -1.73. The van der Waals surface area contributed by atoms with Crippen molar-refractivity contribution in [2.75, 3.05) is 0 Å². The van der Waals surface area contributed by atoms with E-state index in [-0.39, 0.29) is 12.1 Å². The largest absolute Gasteiger partial charge is 0.480 e. The van der Waals surface area contributed by atoms with E-state index in [2.05, 4.69) is 0 Å². The van der Waals surface area contributed by atoms with Crippen LogP contribution in [0.5, 0.6) is 0 Å². The lowest BCUT2D eigenvalue weighted by Crippen LogP contribution is -2.41. The van der Waals surface area contributed by atoms with E-state index in [9.17, 15) is 25.1 Å². The predicted molar refractivity (Wildman–Crippen MR) is 84.4 cm³/mol. The van der Waals surface area contributed by atoms with Crippen LogP contribution in [-0.2, 0) is 11.2 Å². The number of nitrogens with zero attached hydrogens (tertiary/aromatic N) is 1. The van der Waals surface area contributed by atoms with E-state index in [1.54, 1.807) is 30.3 Å². The Balaban J connectivity index is 2.36. The Morgan fingerprint density at radius 3 is 2.43 bits per heavy atom. The van der Waals surface area contributed by atoms with Crippen LogP contribution < -0.4 is 0 Å². The number of nitro benzene ring substituents is 1. The van der Waals surface area contributed by atoms with Crippen LogP contribution >= 0.6 is 11.6 Å². The fourth-order valence-corrected chi connectivity index (χ4v) is 2.55. The number of hydrogen-bond donors (Lipinski definition) is 2. The molecule has 2 unspecified atom stereocenters. The van der Waals surface area contributed by atoms with Gasteiger partial charge < -0.3 is 10.2 Å². The van der Waals surface area contributed by atoms with E-state index in [1.165, 1.54) is 24.3 Å². The molecule has 0 aliphatic carbocycles. The van der Waals surface area contributed by atoms with Gasteiger partial charge in [-0.25, -0.2) is 0 Å². The molecule has 2 rings (SSSR count). The van der Waals surface area contributed by atoms with Gasteiger partial charge in [0.15, 0.2) is 4.87 Å². The molecule has 0 aliphatic rings. The average molecular weight is 336 g/mol. The fourth-order valence-electron chi connectivity index (χ4n) is 2.27. The summed E-state index contributed by atoms with van der Waals surface area (Å²) in [4.78, 5) is 19.8. The summed E-state index contributed by atoms with van der Waals surface area (Å²) in [6.45, 7) is 0. The summed E-state index contributed by atoms with van der Waals surface area (Å²) in [7, 11) is 0. The van der Waals surface area contributed by atoms with Crippen molar-refractivity contribution in [3.63, 3.8) is 0 Å². The summed E-state index contributed by atoms with van der Waals surface area (Å²) in [5, 5.41) is 30.7. The molecule has 0 saturated carbocycles. The minimum absolute atomic E-state index is 0.166. The zero-order chi connectivity index (χ0) is 17.0. The molecule has 2 aromatic carbocycles. The molecule has 0 aliphatic heterocycles. The van der Waals surface area contributed by atoms with Gasteiger partial charge in [-0.2, -0.15) is 0 Å². The number of halogens is 1. The lowest BCUT2D eigenvalue weighted by molar-refractivity contribution is -0.384. The molecule has 120 valence electrons. The molecule has 7 heteroatoms. The van der Waals surface area contributed by atoms with Gasteiger partial charge in [-0.1, -0.05) is 42.5 Å². The van der Waals surface area contributed by atoms with Crippen molar-refractivity contribution in [2.45, 2.75) is 17.4 Å². The Labute approximate surface area is 137 Å². The second kappa shape index (κ2) is 6.76. The third kappa shape index (κ3) is 3.67. The molecule has 0 amide bonds. The number of aliphatic carboxylic acids is 1. The molecular weight excluding hydrogens is 322 g/mol. The van der Waals surface area contributed by atoms with Crippen molar-refractivity contribution < 1.29 is 19.9 Å². The molecule has 2 N–H and O–H groups in total. The van der Waals surface area contributed by atoms with E-state index >= 15 is 0 Å². The van der Waals surface area contributed by atoms with Crippen molar-refractivity contribution in [2.24, 2.45) is 0 Å². The number of alkyl halides is 1. The van der Waals surface area contributed by atoms with Gasteiger partial charge in [0.05, 0.1) is 4.92 Å². The number of aliphatic hydroxyl groups is 1. The molecule has 23 heavy (non-hydrogen) atoms. The zero-order valence-corrected chi connectivity index (χ0v) is 12.7. The molecule has 0 spiro atoms. The lowest BCUT2D eigenvalue weighted by Gasteiger charge is -2.28. The molecule has 2 atom stereocenters. The monoisotopic (exact) mass is 335 g/mol. The first-order valence-electron chi connectivity index (χ1n) is 6.73. The van der Waals surface area contributed by atoms with Crippen LogP contribution in [0.4, 0.5) is 5.69 Å². The van der Waals surface area contributed by atoms with Gasteiger partial charge in [0, 0.05) is 18.6 Å². The quantitative estimate of drug-likeness (QED) is 0.480. The Hall–Kier alpha value is -2.44. The van der Waals surface area contributed by atoms with Gasteiger partial charge in [0.1, 0.15) is 6.10 Å². The van der Waals surface area contributed by atoms with Crippen molar-refractivity contribution >= 4 is 23.3 Å². The van der Waals surface area contributed by atoms with Crippen LogP contribution in [0.1, 0.15) is 17.2 Å². The Morgan fingerprint density at radius 1 is 1.22 bits per heavy atom. The topological polar surface area (TPSA) is 101 Å². The van der Waals surface area contributed by atoms with Crippen molar-refractivity contribution in [1.29, 1.82) is 0 Å². The van der Waals surface area contributed by atoms with E-state index in [1.807, 2.05) is 0 Å². The first kappa shape index (κ1) is 16.9. The van der Waals surface area contributed by atoms with E-state index in [0.29, 0.717) is 11.1 Å². The SMILES string of the molecule is O=C(O)C(Cl)(Cc1cccc([N+](=O)[O-])c1)C(O)c1ccccc1. The van der Waals surface area contributed by atoms with Gasteiger partial charge in [0.2, 0.25) is 0 Å². The maximum atomic E-state index is 11.6. The highest BCUT2D eigenvalue weighted by Gasteiger charge is 2.44. The third-order valence-electron chi connectivity index (χ3n) is 3.49. The maximum absolute atomic E-state index is 11.6. The molecule has 0 heterocycles. The number of aliphatic hydroxyl groups excluding tert-OH is 1. The van der Waals surface area contributed by atoms with Gasteiger partial charge in [0.25, 0.3) is 5.69 Å². The van der Waals surface area contributed by atoms with Crippen LogP contribution in [-0.4, -0.2) is 26.0 Å². The van der Waals surface area contributed by atoms with Crippen LogP contribution in [0.25, 0.3) is 0 Å². The van der Waals surface area contributed by atoms with E-state index < -0.39 is 21.9 Å². The van der Waals surface area contributed by atoms with Crippen LogP contribution in [0.15, 0.2) is 54.6 Å². The highest BCUT2D eigenvalue weighted by Crippen LogP contribution is 2.36. The summed E-state index contributed by atoms with van der Waals surface area (Å²) in [6, 6.07) is 13.7. The first-order valence-corrected chi connectivity index (χ1v) is 7.11. The number of non-ortho nitro benzene ring substituents is 1. The average Bonchev–Trinajstić information content (AvgIpc) is 2.54. The highest BCUT2D eigenvalue weighted by atomic mass is 35.5. The van der Waals surface area contributed by atoms with E-state index in [4.69, 9.17) is 11.6 Å². The van der Waals surface area contributed by atoms with E-state index in [0.717, 1.165) is 0 Å². The number of benzene rings is 2. The number of carbonyl (C=O) groups is 1. The summed E-state index contributed by atoms with van der Waals surface area (Å²) in [5.41, 5.74) is 0.544. The van der Waals surface area contributed by atoms with Gasteiger partial charge in [-0.3, -0.25) is 14.9 Å². The van der Waals surface area contributed by atoms with Gasteiger partial charge in [-0.05, 0) is 11.1 Å². The van der Waals surface area contributed by atoms with Crippen molar-refractivity contribution in [1.82, 2.24) is 0 Å². The molecule has 0 aromatic heterocycles. The zero-order valence-electron chi connectivity index (χ0n) is 11.9. The number of rotatable bonds is 6. The van der Waals surface area contributed by atoms with Gasteiger partial charge in [-0.15, -0.1) is 11.6 Å². The minimum Gasteiger partial charge on any atom is -0.480 e. The molecule has 0 fully saturated rings. The highest BCUT2D eigenvalue weighted by molar-refractivity contribution is 6.34. The first-order chi connectivity index (χ1) is 10.8. The van der Waals surface area contributed by atoms with Gasteiger partial charge >= 0.3 is 5.97 Å². The number of carboxylic acid groups (broad SMARTS) is 1. The number of hydrogen-bond acceptors (Lipinski definition) is 4. The minimum atomic E-state index is -2.03. The molecule has 6 nitrogen and oxygen atoms in total. The molecule has 0 bridgehead atoms. The molecule has 0 saturated heterocycles. The van der Waals surface area contributed by atoms with Crippen LogP contribution in [0, 0.1) is 10.1 Å². The summed E-state index contributed by atoms with van der Waals surface area (Å²) < 4.78 is 0. The summed E-state index contributed by atoms with van der Waals surface area (Å²) >= 11 is 6.21. The molecule has 2 aromatic rings. The summed E-state index contributed by atoms with van der Waals surface area (Å²) in [5.74, 6) is -1.40. The third-order valence-corrected chi connectivity index (χ3v) is 3.99. The standard InChI is InChI=1S/C16H14ClNO5/c17-16(15(20)21,14(19)12-6-2-1-3-7-12)10-11-5-4-8-13(9-11)18(22)23/h1-9,14,19H,10H2,(H,20,21). The van der Waals surface area contributed by atoms with Crippen molar-refractivity contribution in [3.8, 4) is 0 Å². The second-order valence-electron chi connectivity index (χ2n) is 5.08.